The minimum atomic E-state index is -4.46. The maximum Gasteiger partial charge on any atom is 0.425 e. The molecule has 594 valence electrons. The second kappa shape index (κ2) is 45.2. The van der Waals surface area contributed by atoms with Crippen molar-refractivity contribution in [3.8, 4) is 5.75 Å². The number of ketones is 2. The molecular formula is C77H101N5O23PS3+. The number of ether oxygens (including phenoxy) is 1. The molecule has 1 aliphatic carbocycles. The zero-order valence-electron chi connectivity index (χ0n) is 62.4. The van der Waals surface area contributed by atoms with E-state index < -0.39 is 85.9 Å². The molecule has 32 heteroatoms. The molecule has 7 rings (SSSR count). The number of carboxylic acids is 1. The smallest absolute Gasteiger partial charge is 0.425 e. The Morgan fingerprint density at radius 1 is 0.670 bits per heavy atom. The van der Waals surface area contributed by atoms with Crippen LogP contribution in [0.25, 0.3) is 0 Å². The molecule has 3 amide bonds. The Hall–Kier alpha value is -8.99. The molecule has 0 aromatic heterocycles. The topological polar surface area (TPSA) is 443 Å². The predicted octanol–water partition coefficient (Wildman–Crippen LogP) is 11.5. The number of unbranched alkanes of at least 4 members (excludes halogenated alkanes) is 8. The molecule has 0 saturated heterocycles. The van der Waals surface area contributed by atoms with Gasteiger partial charge in [-0.3, -0.25) is 28.1 Å². The molecule has 2 heterocycles. The molecule has 4 aromatic rings. The number of benzene rings is 4. The molecule has 0 saturated carbocycles. The molecule has 0 fully saturated rings. The monoisotopic (exact) mass is 1590 g/mol. The summed E-state index contributed by atoms with van der Waals surface area (Å²) >= 11 is 0. The van der Waals surface area contributed by atoms with Crippen LogP contribution < -0.4 is 25.6 Å². The van der Waals surface area contributed by atoms with E-state index in [2.05, 4.69) is 91.3 Å². The first kappa shape index (κ1) is 92.4. The summed E-state index contributed by atoms with van der Waals surface area (Å²) in [5, 5.41) is 17.0. The van der Waals surface area contributed by atoms with E-state index in [0.29, 0.717) is 82.4 Å². The lowest BCUT2D eigenvalue weighted by Gasteiger charge is -2.27. The van der Waals surface area contributed by atoms with Crippen LogP contribution in [-0.2, 0) is 97.4 Å². The number of nitrogens with one attached hydrogen (secondary N) is 3. The molecule has 2 aliphatic heterocycles. The number of nitrogens with zero attached hydrogens (tertiary/aromatic N) is 2. The summed E-state index contributed by atoms with van der Waals surface area (Å²) in [6.45, 7) is 14.0. The van der Waals surface area contributed by atoms with Crippen LogP contribution in [0.15, 0.2) is 148 Å². The maximum atomic E-state index is 14.0. The van der Waals surface area contributed by atoms with E-state index in [0.717, 1.165) is 120 Å². The van der Waals surface area contributed by atoms with Gasteiger partial charge < -0.3 is 40.5 Å². The van der Waals surface area contributed by atoms with Crippen LogP contribution in [-0.4, -0.2) is 143 Å². The second-order valence-electron chi connectivity index (χ2n) is 27.6. The Kier molecular flexibility index (Phi) is 38.3. The van der Waals surface area contributed by atoms with Crippen LogP contribution in [0, 0.1) is 0 Å². The van der Waals surface area contributed by atoms with Gasteiger partial charge in [0.25, 0.3) is 20.2 Å². The fraction of sp³-hybridized carbons (Fsp3) is 0.481. The molecular weight excluding hydrogens is 1490 g/mol. The van der Waals surface area contributed by atoms with Crippen molar-refractivity contribution < 1.29 is 110 Å². The van der Waals surface area contributed by atoms with Gasteiger partial charge in [-0.25, -0.2) is 9.59 Å². The molecule has 4 aromatic carbocycles. The number of carboxylic acid groups (broad SMARTS) is 1. The van der Waals surface area contributed by atoms with Gasteiger partial charge in [0.1, 0.15) is 29.9 Å². The van der Waals surface area contributed by atoms with Crippen LogP contribution >= 0.6 is 7.60 Å². The summed E-state index contributed by atoms with van der Waals surface area (Å²) in [5.74, 6) is -0.327. The summed E-state index contributed by atoms with van der Waals surface area (Å²) in [4.78, 5) is 116. The Balaban J connectivity index is 0.00000237. The highest BCUT2D eigenvalue weighted by atomic mass is 32.2. The zero-order chi connectivity index (χ0) is 81.1. The molecule has 3 aliphatic rings. The SMILES string of the molecule is CCCCC[N+]1=C(/C=C/C2=C(Oc3ccc(CCCC(=O)[C@@H](Cc4ccccc4)NC(=O)CCCCCCCCC(=O)CCCNC(=O)N[C@H](CCP(=O)(O)O)C(=O)O)cc3)C(=C/C=C3/N(CCCC)c4ccc(S(=O)(=O)O)cc4C3(C)C)/CCC2)C(C)(C)c2cc(S(=O)(=O)O)ccc21.O=C=O.O=C=O.O=S(=O)=O. The number of hydrogen-bond donors (Lipinski definition) is 8. The van der Waals surface area contributed by atoms with Crippen molar-refractivity contribution in [1.82, 2.24) is 16.0 Å². The van der Waals surface area contributed by atoms with Crippen molar-refractivity contribution in [1.29, 1.82) is 0 Å². The lowest BCUT2D eigenvalue weighted by Crippen LogP contribution is -2.46. The van der Waals surface area contributed by atoms with Gasteiger partial charge in [-0.15, -0.1) is 12.6 Å². The van der Waals surface area contributed by atoms with E-state index in [4.69, 9.17) is 46.3 Å². The molecule has 0 bridgehead atoms. The number of aliphatic carboxylic acids is 1. The highest BCUT2D eigenvalue weighted by Crippen LogP contribution is 2.49. The molecule has 109 heavy (non-hydrogen) atoms. The molecule has 28 nitrogen and oxygen atoms in total. The first-order valence-electron chi connectivity index (χ1n) is 36.2. The number of hydrogen-bond acceptors (Lipinski definition) is 19. The van der Waals surface area contributed by atoms with Crippen LogP contribution in [0.3, 0.4) is 0 Å². The van der Waals surface area contributed by atoms with Crippen LogP contribution in [0.2, 0.25) is 0 Å². The van der Waals surface area contributed by atoms with E-state index in [-0.39, 0.29) is 65.4 Å². The first-order valence-corrected chi connectivity index (χ1v) is 41.9. The fourth-order valence-corrected chi connectivity index (χ4v) is 14.8. The third-order valence-corrected chi connectivity index (χ3v) is 21.3. The fourth-order valence-electron chi connectivity index (χ4n) is 13.2. The van der Waals surface area contributed by atoms with Crippen LogP contribution in [0.5, 0.6) is 5.75 Å². The van der Waals surface area contributed by atoms with Crippen molar-refractivity contribution in [2.75, 3.05) is 30.7 Å². The van der Waals surface area contributed by atoms with E-state index in [1.807, 2.05) is 54.6 Å². The lowest BCUT2D eigenvalue weighted by molar-refractivity contribution is -0.438. The van der Waals surface area contributed by atoms with Gasteiger partial charge >= 0.3 is 42.5 Å². The van der Waals surface area contributed by atoms with Crippen molar-refractivity contribution in [2.45, 2.75) is 222 Å². The number of carbonyl (C=O) groups excluding carboxylic acids is 8. The van der Waals surface area contributed by atoms with Crippen LogP contribution in [0.4, 0.5) is 16.2 Å². The molecule has 8 N–H and O–H groups in total. The van der Waals surface area contributed by atoms with Gasteiger partial charge in [0.05, 0.1) is 27.4 Å². The van der Waals surface area contributed by atoms with Gasteiger partial charge in [0.15, 0.2) is 11.5 Å². The number of aryl methyl sites for hydroxylation is 1. The minimum absolute atomic E-state index is 0.0372. The summed E-state index contributed by atoms with van der Waals surface area (Å²) in [6.07, 6.45) is 22.5. The Morgan fingerprint density at radius 2 is 1.26 bits per heavy atom. The highest BCUT2D eigenvalue weighted by molar-refractivity contribution is 7.86. The molecule has 2 atom stereocenters. The third kappa shape index (κ3) is 30.8. The molecule has 0 unspecified atom stereocenters. The molecule has 0 radical (unpaired) electrons. The summed E-state index contributed by atoms with van der Waals surface area (Å²) in [7, 11) is -16.5. The van der Waals surface area contributed by atoms with E-state index in [9.17, 15) is 59.6 Å². The second-order valence-corrected chi connectivity index (χ2v) is 32.6. The zero-order valence-corrected chi connectivity index (χ0v) is 65.7. The third-order valence-electron chi connectivity index (χ3n) is 18.8. The number of allylic oxidation sites excluding steroid dienone is 7. The normalized spacial score (nSPS) is 15.5. The average molecular weight is 1590 g/mol. The largest absolute Gasteiger partial charge is 0.480 e. The number of urea groups is 1. The van der Waals surface area contributed by atoms with Crippen molar-refractivity contribution in [3.63, 3.8) is 0 Å². The quantitative estimate of drug-likeness (QED) is 0.00887. The Morgan fingerprint density at radius 3 is 1.85 bits per heavy atom. The van der Waals surface area contributed by atoms with E-state index >= 15 is 0 Å². The maximum absolute atomic E-state index is 14.0. The van der Waals surface area contributed by atoms with Crippen LogP contribution in [0.1, 0.15) is 199 Å². The number of rotatable bonds is 40. The van der Waals surface area contributed by atoms with Gasteiger partial charge in [-0.2, -0.15) is 40.6 Å². The number of amides is 3. The van der Waals surface area contributed by atoms with E-state index in [1.165, 1.54) is 12.1 Å². The Bertz CT molecular complexity index is 4420. The first-order chi connectivity index (χ1) is 51.5. The van der Waals surface area contributed by atoms with Gasteiger partial charge in [-0.1, -0.05) is 115 Å². The predicted molar refractivity (Wildman–Crippen MR) is 404 cm³/mol. The number of Topliss-reactive ketones (excluding diaryl/α,β-unsaturated/α-hetero) is 2. The van der Waals surface area contributed by atoms with Gasteiger partial charge in [-0.05, 0) is 173 Å². The highest BCUT2D eigenvalue weighted by Gasteiger charge is 2.45. The lowest BCUT2D eigenvalue weighted by atomic mass is 9.81. The van der Waals surface area contributed by atoms with E-state index in [1.54, 1.807) is 24.3 Å². The summed E-state index contributed by atoms with van der Waals surface area (Å²) in [6, 6.07) is 24.1. The number of fused-ring (bicyclic) bond motifs is 2. The van der Waals surface area contributed by atoms with Crippen molar-refractivity contribution >= 4 is 97.3 Å². The summed E-state index contributed by atoms with van der Waals surface area (Å²) < 4.78 is 116. The van der Waals surface area contributed by atoms with Crippen molar-refractivity contribution in [3.05, 3.63) is 160 Å². The standard InChI is InChI=1S/C75H100N5O16PS2.2CO2.O3S/c1-7-9-20-48-80-66-42-40-60(99(93,94)95)52-62(66)75(5,6)69(80)44-36-56-28-22-27-55(35-43-68-74(3,4)61-51-59(98(90,91)92)39-41-65(61)79(68)47-10-8-2)71(56)96-58-37-33-53(34-38-58)26-21-31-67(82)64(50-54-24-16-15-17-25-54)77-70(83)32-19-14-12-11-13-18-29-57(81)30-23-46-76-73(86)78-63(72(84)85)45-49-97(87,88)89;2*2-1-3;1-4(2)3/h15-17,24-25,33-44,51-52,63-64H,7-14,18-23,26-32,45-50H2,1-6H3,(H7-,76,77,78,83,84,85,86,87,88,89,90,91,92,93,94,95);;;/p+1/t63-,64-;;;/m1.../s1. The van der Waals surface area contributed by atoms with Gasteiger partial charge in [0.2, 0.25) is 11.6 Å². The summed E-state index contributed by atoms with van der Waals surface area (Å²) in [5.41, 5.74) is 7.87. The van der Waals surface area contributed by atoms with Gasteiger partial charge in [0, 0.05) is 79.7 Å². The number of carbonyl (C=O) groups is 5. The molecule has 0 spiro atoms. The Labute approximate surface area is 638 Å². The average Bonchev–Trinajstić information content (AvgIpc) is 1.59. The van der Waals surface area contributed by atoms with Crippen molar-refractivity contribution in [2.24, 2.45) is 0 Å². The minimum Gasteiger partial charge on any atom is -0.480 e. The number of anilines is 1.